The summed E-state index contributed by atoms with van der Waals surface area (Å²) < 4.78 is 5.42. The monoisotopic (exact) mass is 337 g/mol. The number of hydrogen-bond donors (Lipinski definition) is 1. The normalized spacial score (nSPS) is 12.6. The first kappa shape index (κ1) is 17.2. The van der Waals surface area contributed by atoms with Crippen molar-refractivity contribution in [3.8, 4) is 11.1 Å². The molecule has 0 heterocycles. The number of ketones is 1. The summed E-state index contributed by atoms with van der Waals surface area (Å²) in [4.78, 5) is 23.5. The molecular formula is C21H23NO3. The van der Waals surface area contributed by atoms with Crippen LogP contribution >= 0.6 is 0 Å². The average molecular weight is 337 g/mol. The van der Waals surface area contributed by atoms with Gasteiger partial charge in [0.05, 0.1) is 0 Å². The van der Waals surface area contributed by atoms with Gasteiger partial charge in [-0.05, 0) is 22.3 Å². The number of amides is 1. The van der Waals surface area contributed by atoms with Crippen LogP contribution in [0.1, 0.15) is 37.3 Å². The van der Waals surface area contributed by atoms with Crippen LogP contribution in [0.4, 0.5) is 4.79 Å². The number of rotatable bonds is 6. The van der Waals surface area contributed by atoms with Gasteiger partial charge in [-0.25, -0.2) is 4.79 Å². The van der Waals surface area contributed by atoms with Crippen molar-refractivity contribution < 1.29 is 14.3 Å². The molecule has 0 spiro atoms. The maximum Gasteiger partial charge on any atom is 0.407 e. The van der Waals surface area contributed by atoms with Gasteiger partial charge in [-0.2, -0.15) is 0 Å². The van der Waals surface area contributed by atoms with E-state index in [0.717, 1.165) is 0 Å². The fourth-order valence-electron chi connectivity index (χ4n) is 3.23. The van der Waals surface area contributed by atoms with Gasteiger partial charge in [0.2, 0.25) is 0 Å². The molecule has 2 aromatic carbocycles. The Hall–Kier alpha value is -2.62. The Morgan fingerprint density at radius 3 is 2.12 bits per heavy atom. The van der Waals surface area contributed by atoms with Crippen LogP contribution in [0.25, 0.3) is 11.1 Å². The van der Waals surface area contributed by atoms with Crippen LogP contribution in [-0.4, -0.2) is 25.0 Å². The van der Waals surface area contributed by atoms with Gasteiger partial charge >= 0.3 is 6.09 Å². The molecule has 1 N–H and O–H groups in total. The van der Waals surface area contributed by atoms with Crippen LogP contribution in [0, 0.1) is 5.92 Å². The molecule has 4 nitrogen and oxygen atoms in total. The Morgan fingerprint density at radius 2 is 1.56 bits per heavy atom. The highest BCUT2D eigenvalue weighted by atomic mass is 16.5. The van der Waals surface area contributed by atoms with Crippen molar-refractivity contribution in [2.24, 2.45) is 5.92 Å². The molecule has 2 aromatic rings. The molecule has 0 atom stereocenters. The van der Waals surface area contributed by atoms with Gasteiger partial charge < -0.3 is 10.1 Å². The van der Waals surface area contributed by atoms with Gasteiger partial charge in [-0.1, -0.05) is 62.4 Å². The summed E-state index contributed by atoms with van der Waals surface area (Å²) in [6, 6.07) is 16.4. The quantitative estimate of drug-likeness (QED) is 0.862. The van der Waals surface area contributed by atoms with Gasteiger partial charge in [0.1, 0.15) is 12.4 Å². The minimum absolute atomic E-state index is 0.00990. The number of ether oxygens (including phenoxy) is 1. The Kier molecular flexibility index (Phi) is 5.17. The van der Waals surface area contributed by atoms with E-state index in [1.54, 1.807) is 0 Å². The average Bonchev–Trinajstić information content (AvgIpc) is 2.94. The Labute approximate surface area is 148 Å². The zero-order valence-corrected chi connectivity index (χ0v) is 14.6. The van der Waals surface area contributed by atoms with Crippen molar-refractivity contribution >= 4 is 11.9 Å². The van der Waals surface area contributed by atoms with E-state index in [4.69, 9.17) is 4.74 Å². The summed E-state index contributed by atoms with van der Waals surface area (Å²) in [5.41, 5.74) is 4.78. The number of Topliss-reactive ketones (excluding diaryl/α,β-unsaturated/α-hetero) is 1. The second kappa shape index (κ2) is 7.51. The Morgan fingerprint density at radius 1 is 1.00 bits per heavy atom. The summed E-state index contributed by atoms with van der Waals surface area (Å²) in [5.74, 6) is 0.179. The first-order chi connectivity index (χ1) is 12.1. The second-order valence-corrected chi connectivity index (χ2v) is 6.62. The molecule has 130 valence electrons. The van der Waals surface area contributed by atoms with Crippen molar-refractivity contribution in [1.82, 2.24) is 5.32 Å². The molecule has 1 aliphatic carbocycles. The van der Waals surface area contributed by atoms with E-state index >= 15 is 0 Å². The number of alkyl carbamates (subject to hydrolysis) is 1. The number of hydrogen-bond acceptors (Lipinski definition) is 3. The number of carbonyl (C=O) groups is 2. The van der Waals surface area contributed by atoms with Gasteiger partial charge in [0.25, 0.3) is 0 Å². The van der Waals surface area contributed by atoms with E-state index in [1.165, 1.54) is 22.3 Å². The van der Waals surface area contributed by atoms with Crippen LogP contribution in [0.2, 0.25) is 0 Å². The number of nitrogens with one attached hydrogen (secondary N) is 1. The van der Waals surface area contributed by atoms with Crippen molar-refractivity contribution in [1.29, 1.82) is 0 Å². The summed E-state index contributed by atoms with van der Waals surface area (Å²) in [5, 5.41) is 2.66. The first-order valence-electron chi connectivity index (χ1n) is 8.69. The van der Waals surface area contributed by atoms with Crippen molar-refractivity contribution in [2.45, 2.75) is 26.2 Å². The summed E-state index contributed by atoms with van der Waals surface area (Å²) in [6.07, 6.45) is -0.139. The molecule has 0 saturated carbocycles. The van der Waals surface area contributed by atoms with E-state index in [9.17, 15) is 9.59 Å². The highest BCUT2D eigenvalue weighted by molar-refractivity contribution is 5.81. The molecule has 0 bridgehead atoms. The third-order valence-corrected chi connectivity index (χ3v) is 4.63. The summed E-state index contributed by atoms with van der Waals surface area (Å²) >= 11 is 0. The zero-order valence-electron chi connectivity index (χ0n) is 14.6. The van der Waals surface area contributed by atoms with Crippen molar-refractivity contribution in [3.05, 3.63) is 59.7 Å². The molecular weight excluding hydrogens is 314 g/mol. The Bertz CT molecular complexity index is 737. The predicted octanol–water partition coefficient (Wildman–Crippen LogP) is 4.14. The number of benzene rings is 2. The highest BCUT2D eigenvalue weighted by Crippen LogP contribution is 2.44. The highest BCUT2D eigenvalue weighted by Gasteiger charge is 2.28. The Balaban J connectivity index is 1.60. The third kappa shape index (κ3) is 3.73. The largest absolute Gasteiger partial charge is 0.449 e. The minimum Gasteiger partial charge on any atom is -0.449 e. The van der Waals surface area contributed by atoms with Crippen LogP contribution < -0.4 is 5.32 Å². The third-order valence-electron chi connectivity index (χ3n) is 4.63. The van der Waals surface area contributed by atoms with Gasteiger partial charge in [0, 0.05) is 24.8 Å². The first-order valence-corrected chi connectivity index (χ1v) is 8.69. The van der Waals surface area contributed by atoms with Crippen molar-refractivity contribution in [3.63, 3.8) is 0 Å². The maximum atomic E-state index is 11.9. The van der Waals surface area contributed by atoms with E-state index < -0.39 is 6.09 Å². The molecule has 4 heteroatoms. The molecule has 1 aliphatic rings. The fourth-order valence-corrected chi connectivity index (χ4v) is 3.23. The lowest BCUT2D eigenvalue weighted by Gasteiger charge is -2.14. The van der Waals surface area contributed by atoms with Crippen LogP contribution in [-0.2, 0) is 9.53 Å². The second-order valence-electron chi connectivity index (χ2n) is 6.62. The topological polar surface area (TPSA) is 55.4 Å². The molecule has 0 saturated heterocycles. The van der Waals surface area contributed by atoms with Gasteiger partial charge in [0.15, 0.2) is 0 Å². The van der Waals surface area contributed by atoms with Crippen LogP contribution in [0.5, 0.6) is 0 Å². The molecule has 0 aliphatic heterocycles. The maximum absolute atomic E-state index is 11.9. The SMILES string of the molecule is CC(C)C(=O)CCNC(=O)OCC1c2ccccc2-c2ccccc21. The summed E-state index contributed by atoms with van der Waals surface area (Å²) in [6.45, 7) is 4.32. The summed E-state index contributed by atoms with van der Waals surface area (Å²) in [7, 11) is 0. The van der Waals surface area contributed by atoms with Gasteiger partial charge in [-0.3, -0.25) is 4.79 Å². The molecule has 0 unspecified atom stereocenters. The molecule has 0 radical (unpaired) electrons. The molecule has 3 rings (SSSR count). The predicted molar refractivity (Wildman–Crippen MR) is 97.5 cm³/mol. The van der Waals surface area contributed by atoms with Crippen molar-refractivity contribution in [2.75, 3.05) is 13.2 Å². The lowest BCUT2D eigenvalue weighted by Crippen LogP contribution is -2.28. The smallest absolute Gasteiger partial charge is 0.407 e. The standard InChI is InChI=1S/C21H23NO3/c1-14(2)20(23)11-12-22-21(24)25-13-19-17-9-5-3-7-15(17)16-8-4-6-10-18(16)19/h3-10,14,19H,11-13H2,1-2H3,(H,22,24). The van der Waals surface area contributed by atoms with E-state index in [-0.39, 0.29) is 24.2 Å². The van der Waals surface area contributed by atoms with Gasteiger partial charge in [-0.15, -0.1) is 0 Å². The molecule has 0 fully saturated rings. The molecule has 0 aromatic heterocycles. The lowest BCUT2D eigenvalue weighted by atomic mass is 9.98. The zero-order chi connectivity index (χ0) is 17.8. The van der Waals surface area contributed by atoms with Crippen LogP contribution in [0.15, 0.2) is 48.5 Å². The van der Waals surface area contributed by atoms with E-state index in [2.05, 4.69) is 29.6 Å². The fraction of sp³-hybridized carbons (Fsp3) is 0.333. The minimum atomic E-state index is -0.474. The van der Waals surface area contributed by atoms with E-state index in [0.29, 0.717) is 13.0 Å². The van der Waals surface area contributed by atoms with E-state index in [1.807, 2.05) is 38.1 Å². The number of fused-ring (bicyclic) bond motifs is 3. The van der Waals surface area contributed by atoms with Crippen LogP contribution in [0.3, 0.4) is 0 Å². The lowest BCUT2D eigenvalue weighted by molar-refractivity contribution is -0.121. The molecule has 25 heavy (non-hydrogen) atoms. The molecule has 1 amide bonds. The number of carbonyl (C=O) groups excluding carboxylic acids is 2.